The van der Waals surface area contributed by atoms with E-state index in [0.29, 0.717) is 0 Å². The molecule has 0 saturated carbocycles. The zero-order chi connectivity index (χ0) is 11.3. The number of nitrogens with two attached hydrogens (primary N) is 1. The highest BCUT2D eigenvalue weighted by Gasteiger charge is 2.06. The highest BCUT2D eigenvalue weighted by molar-refractivity contribution is 7.99. The maximum atomic E-state index is 6.07. The molecule has 0 aromatic heterocycles. The van der Waals surface area contributed by atoms with Gasteiger partial charge in [0.15, 0.2) is 0 Å². The van der Waals surface area contributed by atoms with Gasteiger partial charge < -0.3 is 5.73 Å². The van der Waals surface area contributed by atoms with Gasteiger partial charge in [-0.25, -0.2) is 0 Å². The molecule has 0 saturated heterocycles. The molecule has 0 fully saturated rings. The Hall–Kier alpha value is -0.180. The van der Waals surface area contributed by atoms with E-state index in [-0.39, 0.29) is 6.04 Å². The Morgan fingerprint density at radius 2 is 1.80 bits per heavy atom. The second-order valence-electron chi connectivity index (χ2n) is 4.09. The molecule has 1 atom stereocenters. The quantitative estimate of drug-likeness (QED) is 0.853. The Morgan fingerprint density at radius 1 is 1.20 bits per heavy atom. The largest absolute Gasteiger partial charge is 0.323 e. The molecular weight excluding hydrogens is 226 g/mol. The number of halogens is 1. The highest BCUT2D eigenvalue weighted by Crippen LogP contribution is 2.19. The summed E-state index contributed by atoms with van der Waals surface area (Å²) in [4.78, 5) is 0. The SMILES string of the molecule is CC(C)CSCC(N)c1ccc(Cl)cc1. The zero-order valence-electron chi connectivity index (χ0n) is 9.24. The molecule has 0 aliphatic heterocycles. The van der Waals surface area contributed by atoms with Gasteiger partial charge in [-0.2, -0.15) is 11.8 Å². The first-order chi connectivity index (χ1) is 7.09. The average molecular weight is 244 g/mol. The monoisotopic (exact) mass is 243 g/mol. The van der Waals surface area contributed by atoms with Crippen LogP contribution in [0.3, 0.4) is 0 Å². The second kappa shape index (κ2) is 6.41. The van der Waals surface area contributed by atoms with Crippen LogP contribution < -0.4 is 5.73 Å². The van der Waals surface area contributed by atoms with Crippen molar-refractivity contribution in [3.63, 3.8) is 0 Å². The maximum Gasteiger partial charge on any atom is 0.0406 e. The Kier molecular flexibility index (Phi) is 5.51. The smallest absolute Gasteiger partial charge is 0.0406 e. The van der Waals surface area contributed by atoms with Gasteiger partial charge >= 0.3 is 0 Å². The van der Waals surface area contributed by atoms with Gasteiger partial charge in [0.2, 0.25) is 0 Å². The van der Waals surface area contributed by atoms with Gasteiger partial charge in [0, 0.05) is 16.8 Å². The second-order valence-corrected chi connectivity index (χ2v) is 5.60. The molecule has 15 heavy (non-hydrogen) atoms. The minimum Gasteiger partial charge on any atom is -0.323 e. The van der Waals surface area contributed by atoms with Crippen molar-refractivity contribution < 1.29 is 0 Å². The first-order valence-corrected chi connectivity index (χ1v) is 6.71. The molecule has 1 aromatic carbocycles. The number of thioether (sulfide) groups is 1. The van der Waals surface area contributed by atoms with Crippen molar-refractivity contribution in [3.8, 4) is 0 Å². The van der Waals surface area contributed by atoms with Crippen LogP contribution in [0.25, 0.3) is 0 Å². The first kappa shape index (κ1) is 12.9. The van der Waals surface area contributed by atoms with E-state index in [2.05, 4.69) is 13.8 Å². The summed E-state index contributed by atoms with van der Waals surface area (Å²) in [6.45, 7) is 4.45. The summed E-state index contributed by atoms with van der Waals surface area (Å²) in [6.07, 6.45) is 0. The molecule has 1 nitrogen and oxygen atoms in total. The predicted octanol–water partition coefficient (Wildman–Crippen LogP) is 3.73. The van der Waals surface area contributed by atoms with Gasteiger partial charge in [-0.15, -0.1) is 0 Å². The summed E-state index contributed by atoms with van der Waals surface area (Å²) >= 11 is 7.73. The fraction of sp³-hybridized carbons (Fsp3) is 0.500. The lowest BCUT2D eigenvalue weighted by molar-refractivity contribution is 0.746. The van der Waals surface area contributed by atoms with Crippen LogP contribution in [0.2, 0.25) is 5.02 Å². The van der Waals surface area contributed by atoms with Crippen LogP contribution in [0, 0.1) is 5.92 Å². The molecular formula is C12H18ClNS. The van der Waals surface area contributed by atoms with Crippen molar-refractivity contribution in [2.45, 2.75) is 19.9 Å². The van der Waals surface area contributed by atoms with Gasteiger partial charge in [0.25, 0.3) is 0 Å². The number of rotatable bonds is 5. The van der Waals surface area contributed by atoms with Crippen LogP contribution in [-0.4, -0.2) is 11.5 Å². The number of benzene rings is 1. The standard InChI is InChI=1S/C12H18ClNS/c1-9(2)7-15-8-12(14)10-3-5-11(13)6-4-10/h3-6,9,12H,7-8,14H2,1-2H3. The summed E-state index contributed by atoms with van der Waals surface area (Å²) in [5.41, 5.74) is 7.23. The topological polar surface area (TPSA) is 26.0 Å². The minimum absolute atomic E-state index is 0.117. The van der Waals surface area contributed by atoms with Gasteiger partial charge in [-0.05, 0) is 29.4 Å². The number of hydrogen-bond donors (Lipinski definition) is 1. The number of hydrogen-bond acceptors (Lipinski definition) is 2. The van der Waals surface area contributed by atoms with E-state index >= 15 is 0 Å². The maximum absolute atomic E-state index is 6.07. The third kappa shape index (κ3) is 4.92. The van der Waals surface area contributed by atoms with Crippen molar-refractivity contribution in [1.29, 1.82) is 0 Å². The molecule has 0 heterocycles. The lowest BCUT2D eigenvalue weighted by Gasteiger charge is -2.12. The third-order valence-electron chi connectivity index (χ3n) is 2.05. The van der Waals surface area contributed by atoms with Crippen LogP contribution in [0.4, 0.5) is 0 Å². The molecule has 1 aromatic rings. The Labute approximate surface area is 101 Å². The van der Waals surface area contributed by atoms with Crippen LogP contribution in [0.1, 0.15) is 25.5 Å². The lowest BCUT2D eigenvalue weighted by Crippen LogP contribution is -2.13. The molecule has 84 valence electrons. The van der Waals surface area contributed by atoms with Crippen LogP contribution in [-0.2, 0) is 0 Å². The summed E-state index contributed by atoms with van der Waals surface area (Å²) in [5.74, 6) is 2.87. The summed E-state index contributed by atoms with van der Waals surface area (Å²) in [7, 11) is 0. The van der Waals surface area contributed by atoms with Crippen molar-refractivity contribution in [2.24, 2.45) is 11.7 Å². The molecule has 0 bridgehead atoms. The van der Waals surface area contributed by atoms with E-state index in [9.17, 15) is 0 Å². The Morgan fingerprint density at radius 3 is 2.33 bits per heavy atom. The van der Waals surface area contributed by atoms with Crippen molar-refractivity contribution in [2.75, 3.05) is 11.5 Å². The molecule has 3 heteroatoms. The van der Waals surface area contributed by atoms with Crippen molar-refractivity contribution >= 4 is 23.4 Å². The highest BCUT2D eigenvalue weighted by atomic mass is 35.5. The van der Waals surface area contributed by atoms with E-state index in [0.717, 1.165) is 22.3 Å². The first-order valence-electron chi connectivity index (χ1n) is 5.18. The van der Waals surface area contributed by atoms with E-state index < -0.39 is 0 Å². The van der Waals surface area contributed by atoms with Gasteiger partial charge in [-0.3, -0.25) is 0 Å². The van der Waals surface area contributed by atoms with Gasteiger partial charge in [0.1, 0.15) is 0 Å². The molecule has 0 spiro atoms. The molecule has 2 N–H and O–H groups in total. The van der Waals surface area contributed by atoms with Gasteiger partial charge in [0.05, 0.1) is 0 Å². The van der Waals surface area contributed by atoms with E-state index in [4.69, 9.17) is 17.3 Å². The van der Waals surface area contributed by atoms with Crippen molar-refractivity contribution in [1.82, 2.24) is 0 Å². The van der Waals surface area contributed by atoms with Crippen LogP contribution >= 0.6 is 23.4 Å². The summed E-state index contributed by atoms with van der Waals surface area (Å²) < 4.78 is 0. The molecule has 0 radical (unpaired) electrons. The van der Waals surface area contributed by atoms with Gasteiger partial charge in [-0.1, -0.05) is 37.6 Å². The van der Waals surface area contributed by atoms with E-state index in [1.807, 2.05) is 36.0 Å². The molecule has 1 unspecified atom stereocenters. The van der Waals surface area contributed by atoms with Crippen LogP contribution in [0.5, 0.6) is 0 Å². The Balaban J connectivity index is 2.40. The lowest BCUT2D eigenvalue weighted by atomic mass is 10.1. The van der Waals surface area contributed by atoms with Crippen molar-refractivity contribution in [3.05, 3.63) is 34.9 Å². The summed E-state index contributed by atoms with van der Waals surface area (Å²) in [5, 5.41) is 0.765. The summed E-state index contributed by atoms with van der Waals surface area (Å²) in [6, 6.07) is 7.91. The molecule has 0 aliphatic carbocycles. The molecule has 0 aliphatic rings. The molecule has 0 amide bonds. The Bertz CT molecular complexity index is 284. The zero-order valence-corrected chi connectivity index (χ0v) is 10.8. The normalized spacial score (nSPS) is 13.1. The third-order valence-corrected chi connectivity index (χ3v) is 3.80. The van der Waals surface area contributed by atoms with E-state index in [1.165, 1.54) is 5.75 Å². The minimum atomic E-state index is 0.117. The van der Waals surface area contributed by atoms with Crippen LogP contribution in [0.15, 0.2) is 24.3 Å². The fourth-order valence-corrected chi connectivity index (χ4v) is 2.42. The average Bonchev–Trinajstić information content (AvgIpc) is 2.18. The van der Waals surface area contributed by atoms with E-state index in [1.54, 1.807) is 0 Å². The fourth-order valence-electron chi connectivity index (χ4n) is 1.24. The molecule has 1 rings (SSSR count). The predicted molar refractivity (Wildman–Crippen MR) is 70.5 cm³/mol.